The Morgan fingerprint density at radius 3 is 2.52 bits per heavy atom. The summed E-state index contributed by atoms with van der Waals surface area (Å²) in [6.07, 6.45) is 7.00. The molecule has 3 rings (SSSR count). The first-order chi connectivity index (χ1) is 11.6. The van der Waals surface area contributed by atoms with Gasteiger partial charge in [-0.1, -0.05) is 23.7 Å². The van der Waals surface area contributed by atoms with Gasteiger partial charge in [0, 0.05) is 41.0 Å². The molecule has 0 bridgehead atoms. The number of pyridine rings is 1. The van der Waals surface area contributed by atoms with Crippen LogP contribution in [0.5, 0.6) is 0 Å². The van der Waals surface area contributed by atoms with Crippen molar-refractivity contribution < 1.29 is 4.79 Å². The van der Waals surface area contributed by atoms with Crippen LogP contribution < -0.4 is 11.1 Å². The van der Waals surface area contributed by atoms with E-state index in [1.54, 1.807) is 24.5 Å². The standard InChI is InChI=1S/C19H22ClN3O.ClH/c20-16-3-1-2-15(12-16)19(13-21)8-4-17(5-9-19)23-18(24)14-6-10-22-11-7-14;/h1-3,6-7,10-12,17H,4-5,8-9,13,21H2,(H,23,24);1H/t17-,19+;. The van der Waals surface area contributed by atoms with E-state index in [0.717, 1.165) is 30.7 Å². The number of rotatable bonds is 4. The summed E-state index contributed by atoms with van der Waals surface area (Å²) in [6.45, 7) is 0.596. The van der Waals surface area contributed by atoms with Gasteiger partial charge >= 0.3 is 0 Å². The van der Waals surface area contributed by atoms with Gasteiger partial charge in [0.25, 0.3) is 5.91 Å². The van der Waals surface area contributed by atoms with Crippen molar-refractivity contribution in [2.45, 2.75) is 37.1 Å². The fourth-order valence-electron chi connectivity index (χ4n) is 3.52. The van der Waals surface area contributed by atoms with E-state index in [2.05, 4.69) is 16.4 Å². The Morgan fingerprint density at radius 2 is 1.92 bits per heavy atom. The summed E-state index contributed by atoms with van der Waals surface area (Å²) >= 11 is 6.15. The second-order valence-corrected chi connectivity index (χ2v) is 6.91. The zero-order chi connectivity index (χ0) is 17.0. The molecule has 0 atom stereocenters. The molecule has 0 spiro atoms. The van der Waals surface area contributed by atoms with Crippen molar-refractivity contribution >= 4 is 29.9 Å². The highest BCUT2D eigenvalue weighted by molar-refractivity contribution is 6.30. The van der Waals surface area contributed by atoms with Crippen LogP contribution in [0.15, 0.2) is 48.8 Å². The van der Waals surface area contributed by atoms with Crippen LogP contribution >= 0.6 is 24.0 Å². The van der Waals surface area contributed by atoms with Crippen molar-refractivity contribution in [3.05, 3.63) is 64.9 Å². The molecule has 1 saturated carbocycles. The third-order valence-corrected chi connectivity index (χ3v) is 5.28. The quantitative estimate of drug-likeness (QED) is 0.850. The number of hydrogen-bond acceptors (Lipinski definition) is 3. The molecule has 1 aromatic carbocycles. The van der Waals surface area contributed by atoms with Crippen LogP contribution in [0.4, 0.5) is 0 Å². The number of halogens is 2. The van der Waals surface area contributed by atoms with Crippen LogP contribution in [0.1, 0.15) is 41.6 Å². The Labute approximate surface area is 159 Å². The van der Waals surface area contributed by atoms with Gasteiger partial charge < -0.3 is 11.1 Å². The minimum atomic E-state index is -0.0389. The Kier molecular flexibility index (Phi) is 6.82. The second kappa shape index (κ2) is 8.65. The van der Waals surface area contributed by atoms with Crippen molar-refractivity contribution in [2.75, 3.05) is 6.54 Å². The number of aromatic nitrogens is 1. The number of benzene rings is 1. The maximum Gasteiger partial charge on any atom is 0.251 e. The summed E-state index contributed by atoms with van der Waals surface area (Å²) in [6, 6.07) is 11.6. The predicted molar refractivity (Wildman–Crippen MR) is 103 cm³/mol. The molecule has 134 valence electrons. The molecule has 3 N–H and O–H groups in total. The van der Waals surface area contributed by atoms with Crippen molar-refractivity contribution in [1.82, 2.24) is 10.3 Å². The number of hydrogen-bond donors (Lipinski definition) is 2. The molecular formula is C19H23Cl2N3O. The van der Waals surface area contributed by atoms with Gasteiger partial charge in [0.2, 0.25) is 0 Å². The van der Waals surface area contributed by atoms with Crippen LogP contribution in [0.25, 0.3) is 0 Å². The number of nitrogens with one attached hydrogen (secondary N) is 1. The Hall–Kier alpha value is -1.62. The van der Waals surface area contributed by atoms with E-state index >= 15 is 0 Å². The molecule has 1 amide bonds. The second-order valence-electron chi connectivity index (χ2n) is 6.48. The van der Waals surface area contributed by atoms with E-state index in [0.29, 0.717) is 12.1 Å². The van der Waals surface area contributed by atoms with Crippen LogP contribution in [0.3, 0.4) is 0 Å². The van der Waals surface area contributed by atoms with Crippen molar-refractivity contribution in [2.24, 2.45) is 5.73 Å². The lowest BCUT2D eigenvalue weighted by atomic mass is 9.68. The molecule has 1 aliphatic rings. The van der Waals surface area contributed by atoms with Crippen LogP contribution in [-0.4, -0.2) is 23.5 Å². The van der Waals surface area contributed by atoms with Crippen molar-refractivity contribution in [3.8, 4) is 0 Å². The van der Waals surface area contributed by atoms with Gasteiger partial charge in [0.1, 0.15) is 0 Å². The Balaban J connectivity index is 0.00000225. The first-order valence-corrected chi connectivity index (χ1v) is 8.68. The molecule has 1 fully saturated rings. The van der Waals surface area contributed by atoms with Crippen molar-refractivity contribution in [3.63, 3.8) is 0 Å². The Morgan fingerprint density at radius 1 is 1.24 bits per heavy atom. The summed E-state index contributed by atoms with van der Waals surface area (Å²) in [5.41, 5.74) is 7.94. The molecule has 6 heteroatoms. The molecule has 25 heavy (non-hydrogen) atoms. The lowest BCUT2D eigenvalue weighted by Gasteiger charge is -2.40. The van der Waals surface area contributed by atoms with Gasteiger partial charge in [-0.05, 0) is 55.5 Å². The summed E-state index contributed by atoms with van der Waals surface area (Å²) in [7, 11) is 0. The third-order valence-electron chi connectivity index (χ3n) is 5.05. The molecule has 4 nitrogen and oxygen atoms in total. The monoisotopic (exact) mass is 379 g/mol. The fraction of sp³-hybridized carbons (Fsp3) is 0.368. The van der Waals surface area contributed by atoms with Crippen LogP contribution in [0, 0.1) is 0 Å². The SMILES string of the molecule is Cl.NC[C@]1(c2cccc(Cl)c2)CC[C@@H](NC(=O)c2ccncc2)CC1. The number of carbonyl (C=O) groups excluding carboxylic acids is 1. The van der Waals surface area contributed by atoms with E-state index in [9.17, 15) is 4.79 Å². The van der Waals surface area contributed by atoms with Crippen molar-refractivity contribution in [1.29, 1.82) is 0 Å². The van der Waals surface area contributed by atoms with Gasteiger partial charge in [-0.3, -0.25) is 9.78 Å². The molecule has 1 aromatic heterocycles. The average Bonchev–Trinajstić information content (AvgIpc) is 2.63. The molecule has 0 saturated heterocycles. The first-order valence-electron chi connectivity index (χ1n) is 8.30. The van der Waals surface area contributed by atoms with Crippen LogP contribution in [0.2, 0.25) is 5.02 Å². The smallest absolute Gasteiger partial charge is 0.251 e. The zero-order valence-corrected chi connectivity index (χ0v) is 15.5. The number of nitrogens with two attached hydrogens (primary N) is 1. The zero-order valence-electron chi connectivity index (χ0n) is 14.0. The highest BCUT2D eigenvalue weighted by atomic mass is 35.5. The normalized spacial score (nSPS) is 22.7. The highest BCUT2D eigenvalue weighted by Gasteiger charge is 2.36. The largest absolute Gasteiger partial charge is 0.349 e. The summed E-state index contributed by atoms with van der Waals surface area (Å²) in [5, 5.41) is 3.87. The van der Waals surface area contributed by atoms with Gasteiger partial charge in [-0.15, -0.1) is 12.4 Å². The molecule has 0 radical (unpaired) electrons. The van der Waals surface area contributed by atoms with E-state index in [4.69, 9.17) is 17.3 Å². The van der Waals surface area contributed by atoms with Crippen LogP contribution in [-0.2, 0) is 5.41 Å². The van der Waals surface area contributed by atoms with Gasteiger partial charge in [0.05, 0.1) is 0 Å². The Bertz CT molecular complexity index is 701. The highest BCUT2D eigenvalue weighted by Crippen LogP contribution is 2.39. The minimum absolute atomic E-state index is 0. The van der Waals surface area contributed by atoms with E-state index in [1.165, 1.54) is 5.56 Å². The van der Waals surface area contributed by atoms with Gasteiger partial charge in [-0.2, -0.15) is 0 Å². The molecule has 0 unspecified atom stereocenters. The lowest BCUT2D eigenvalue weighted by Crippen LogP contribution is -2.45. The predicted octanol–water partition coefficient (Wildman–Crippen LogP) is 3.73. The molecule has 2 aromatic rings. The number of nitrogens with zero attached hydrogens (tertiary/aromatic N) is 1. The third kappa shape index (κ3) is 4.51. The van der Waals surface area contributed by atoms with E-state index in [1.807, 2.05) is 18.2 Å². The summed E-state index contributed by atoms with van der Waals surface area (Å²) in [5.74, 6) is -0.0367. The maximum absolute atomic E-state index is 12.3. The fourth-order valence-corrected chi connectivity index (χ4v) is 3.71. The maximum atomic E-state index is 12.3. The van der Waals surface area contributed by atoms with E-state index in [-0.39, 0.29) is 29.8 Å². The first kappa shape index (κ1) is 19.7. The molecule has 1 aliphatic carbocycles. The molecule has 1 heterocycles. The van der Waals surface area contributed by atoms with Gasteiger partial charge in [0.15, 0.2) is 0 Å². The van der Waals surface area contributed by atoms with E-state index < -0.39 is 0 Å². The number of carbonyl (C=O) groups is 1. The molecule has 0 aliphatic heterocycles. The molecular weight excluding hydrogens is 357 g/mol. The topological polar surface area (TPSA) is 68.0 Å². The summed E-state index contributed by atoms with van der Waals surface area (Å²) < 4.78 is 0. The van der Waals surface area contributed by atoms with Gasteiger partial charge in [-0.25, -0.2) is 0 Å². The minimum Gasteiger partial charge on any atom is -0.349 e. The number of amides is 1. The average molecular weight is 380 g/mol. The lowest BCUT2D eigenvalue weighted by molar-refractivity contribution is 0.0918. The summed E-state index contributed by atoms with van der Waals surface area (Å²) in [4.78, 5) is 16.2.